The van der Waals surface area contributed by atoms with Crippen LogP contribution in [0.2, 0.25) is 5.02 Å². The van der Waals surface area contributed by atoms with Crippen molar-refractivity contribution in [3.8, 4) is 0 Å². The Morgan fingerprint density at radius 3 is 2.38 bits per heavy atom. The van der Waals surface area contributed by atoms with Crippen molar-refractivity contribution >= 4 is 56.2 Å². The van der Waals surface area contributed by atoms with Crippen LogP contribution in [0.4, 0.5) is 11.4 Å². The summed E-state index contributed by atoms with van der Waals surface area (Å²) in [5, 5.41) is 6.43. The molecule has 2 aromatic rings. The van der Waals surface area contributed by atoms with Crippen molar-refractivity contribution in [1.82, 2.24) is 9.62 Å². The summed E-state index contributed by atoms with van der Waals surface area (Å²) in [6.07, 6.45) is 1.12. The number of halogens is 1. The molecule has 0 bridgehead atoms. The van der Waals surface area contributed by atoms with E-state index in [1.807, 2.05) is 24.8 Å². The Morgan fingerprint density at radius 1 is 1.09 bits per heavy atom. The van der Waals surface area contributed by atoms with Crippen LogP contribution in [0.3, 0.4) is 0 Å². The van der Waals surface area contributed by atoms with E-state index in [-0.39, 0.29) is 11.0 Å². The standard InChI is InChI=1S/C22H27ClN4O3S2/c1-3-5-20(28)25-22(31)24-19-7-4-6-18(23)21(19)26-12-14-27(15-13-26)32(29,30)17-10-8-16(2)9-11-17/h4,6-11H,3,5,12-15H2,1-2H3,(H2,24,25,28,31). The minimum absolute atomic E-state index is 0.150. The lowest BCUT2D eigenvalue weighted by atomic mass is 10.2. The van der Waals surface area contributed by atoms with Crippen molar-refractivity contribution in [3.05, 3.63) is 53.1 Å². The van der Waals surface area contributed by atoms with E-state index in [4.69, 9.17) is 23.8 Å². The minimum atomic E-state index is -3.55. The quantitative estimate of drug-likeness (QED) is 0.595. The first-order valence-electron chi connectivity index (χ1n) is 10.4. The number of anilines is 2. The molecule has 1 aliphatic rings. The molecule has 0 aromatic heterocycles. The van der Waals surface area contributed by atoms with Gasteiger partial charge in [-0.1, -0.05) is 42.3 Å². The van der Waals surface area contributed by atoms with Gasteiger partial charge in [0.2, 0.25) is 15.9 Å². The zero-order valence-corrected chi connectivity index (χ0v) is 20.5. The predicted molar refractivity (Wildman–Crippen MR) is 133 cm³/mol. The van der Waals surface area contributed by atoms with E-state index in [0.29, 0.717) is 48.2 Å². The van der Waals surface area contributed by atoms with Crippen molar-refractivity contribution in [3.63, 3.8) is 0 Å². The second-order valence-corrected chi connectivity index (χ2v) is 10.3. The predicted octanol–water partition coefficient (Wildman–Crippen LogP) is 3.77. The Bertz CT molecular complexity index is 1080. The average Bonchev–Trinajstić information content (AvgIpc) is 2.74. The summed E-state index contributed by atoms with van der Waals surface area (Å²) >= 11 is 11.8. The third-order valence-electron chi connectivity index (χ3n) is 5.18. The number of rotatable bonds is 6. The number of piperazine rings is 1. The van der Waals surface area contributed by atoms with Gasteiger partial charge in [-0.2, -0.15) is 4.31 Å². The highest BCUT2D eigenvalue weighted by Crippen LogP contribution is 2.35. The number of aryl methyl sites for hydroxylation is 1. The summed E-state index contributed by atoms with van der Waals surface area (Å²) < 4.78 is 27.5. The fraction of sp³-hybridized carbons (Fsp3) is 0.364. The number of amides is 1. The van der Waals surface area contributed by atoms with Crippen LogP contribution in [0, 0.1) is 6.92 Å². The molecule has 7 nitrogen and oxygen atoms in total. The molecule has 1 amide bonds. The molecule has 0 unspecified atom stereocenters. The fourth-order valence-electron chi connectivity index (χ4n) is 3.52. The molecule has 0 radical (unpaired) electrons. The van der Waals surface area contributed by atoms with Gasteiger partial charge in [-0.05, 0) is 49.8 Å². The van der Waals surface area contributed by atoms with Gasteiger partial charge < -0.3 is 15.5 Å². The molecule has 0 aliphatic carbocycles. The van der Waals surface area contributed by atoms with E-state index in [1.54, 1.807) is 36.4 Å². The maximum atomic E-state index is 13.0. The van der Waals surface area contributed by atoms with Crippen LogP contribution in [-0.4, -0.2) is 49.9 Å². The highest BCUT2D eigenvalue weighted by atomic mass is 35.5. The third kappa shape index (κ3) is 5.78. The maximum absolute atomic E-state index is 13.0. The van der Waals surface area contributed by atoms with Crippen molar-refractivity contribution in [2.45, 2.75) is 31.6 Å². The molecule has 0 spiro atoms. The fourth-order valence-corrected chi connectivity index (χ4v) is 5.46. The molecular formula is C22H27ClN4O3S2. The number of thiocarbonyl (C=S) groups is 1. The second kappa shape index (κ2) is 10.6. The van der Waals surface area contributed by atoms with Gasteiger partial charge in [0, 0.05) is 32.6 Å². The molecule has 1 saturated heterocycles. The summed E-state index contributed by atoms with van der Waals surface area (Å²) in [5.41, 5.74) is 2.40. The highest BCUT2D eigenvalue weighted by molar-refractivity contribution is 7.89. The Balaban J connectivity index is 1.72. The van der Waals surface area contributed by atoms with Crippen molar-refractivity contribution in [2.75, 3.05) is 36.4 Å². The van der Waals surface area contributed by atoms with Crippen LogP contribution in [0.15, 0.2) is 47.4 Å². The molecule has 172 valence electrons. The van der Waals surface area contributed by atoms with Crippen LogP contribution in [0.5, 0.6) is 0 Å². The number of carbonyl (C=O) groups is 1. The smallest absolute Gasteiger partial charge is 0.243 e. The van der Waals surface area contributed by atoms with Crippen molar-refractivity contribution in [2.24, 2.45) is 0 Å². The molecule has 1 aliphatic heterocycles. The Morgan fingerprint density at radius 2 is 1.75 bits per heavy atom. The first kappa shape index (κ1) is 24.4. The third-order valence-corrected chi connectivity index (χ3v) is 7.60. The number of hydrogen-bond donors (Lipinski definition) is 2. The lowest BCUT2D eigenvalue weighted by Gasteiger charge is -2.36. The lowest BCUT2D eigenvalue weighted by molar-refractivity contribution is -0.119. The van der Waals surface area contributed by atoms with Crippen LogP contribution in [0.25, 0.3) is 0 Å². The Hall–Kier alpha value is -2.20. The molecule has 1 heterocycles. The minimum Gasteiger partial charge on any atom is -0.366 e. The molecule has 3 rings (SSSR count). The molecule has 2 aromatic carbocycles. The molecule has 32 heavy (non-hydrogen) atoms. The van der Waals surface area contributed by atoms with Gasteiger partial charge in [0.25, 0.3) is 0 Å². The molecule has 2 N–H and O–H groups in total. The summed E-state index contributed by atoms with van der Waals surface area (Å²) in [5.74, 6) is -0.150. The van der Waals surface area contributed by atoms with E-state index in [0.717, 1.165) is 17.7 Å². The van der Waals surface area contributed by atoms with E-state index in [1.165, 1.54) is 4.31 Å². The number of carbonyl (C=O) groups excluding carboxylic acids is 1. The molecule has 0 atom stereocenters. The van der Waals surface area contributed by atoms with Crippen LogP contribution < -0.4 is 15.5 Å². The van der Waals surface area contributed by atoms with Crippen molar-refractivity contribution in [1.29, 1.82) is 0 Å². The van der Waals surface area contributed by atoms with Gasteiger partial charge in [-0.15, -0.1) is 0 Å². The zero-order valence-electron chi connectivity index (χ0n) is 18.1. The van der Waals surface area contributed by atoms with E-state index < -0.39 is 10.0 Å². The van der Waals surface area contributed by atoms with Gasteiger partial charge in [-0.25, -0.2) is 8.42 Å². The zero-order chi connectivity index (χ0) is 23.3. The largest absolute Gasteiger partial charge is 0.366 e. The van der Waals surface area contributed by atoms with E-state index in [2.05, 4.69) is 10.6 Å². The Kier molecular flexibility index (Phi) is 8.10. The summed E-state index contributed by atoms with van der Waals surface area (Å²) in [6.45, 7) is 5.45. The number of nitrogens with zero attached hydrogens (tertiary/aromatic N) is 2. The van der Waals surface area contributed by atoms with Crippen LogP contribution in [0.1, 0.15) is 25.3 Å². The summed E-state index contributed by atoms with van der Waals surface area (Å²) in [4.78, 5) is 14.2. The van der Waals surface area contributed by atoms with Gasteiger partial charge in [0.1, 0.15) is 0 Å². The normalized spacial score (nSPS) is 14.8. The number of benzene rings is 2. The highest BCUT2D eigenvalue weighted by Gasteiger charge is 2.30. The maximum Gasteiger partial charge on any atom is 0.243 e. The molecule has 1 fully saturated rings. The summed E-state index contributed by atoms with van der Waals surface area (Å²) in [6, 6.07) is 12.3. The molecule has 0 saturated carbocycles. The van der Waals surface area contributed by atoms with Gasteiger partial charge in [-0.3, -0.25) is 4.79 Å². The van der Waals surface area contributed by atoms with Crippen LogP contribution >= 0.6 is 23.8 Å². The number of hydrogen-bond acceptors (Lipinski definition) is 5. The SMILES string of the molecule is CCCC(=O)NC(=S)Nc1cccc(Cl)c1N1CCN(S(=O)(=O)c2ccc(C)cc2)CC1. The second-order valence-electron chi connectivity index (χ2n) is 7.59. The molecule has 10 heteroatoms. The topological polar surface area (TPSA) is 81.8 Å². The van der Waals surface area contributed by atoms with Crippen LogP contribution in [-0.2, 0) is 14.8 Å². The van der Waals surface area contributed by atoms with Gasteiger partial charge in [0.15, 0.2) is 5.11 Å². The van der Waals surface area contributed by atoms with Gasteiger partial charge >= 0.3 is 0 Å². The number of sulfonamides is 1. The average molecular weight is 495 g/mol. The number of nitrogens with one attached hydrogen (secondary N) is 2. The monoisotopic (exact) mass is 494 g/mol. The van der Waals surface area contributed by atoms with E-state index in [9.17, 15) is 13.2 Å². The first-order valence-corrected chi connectivity index (χ1v) is 12.7. The van der Waals surface area contributed by atoms with E-state index >= 15 is 0 Å². The Labute approximate surface area is 199 Å². The summed E-state index contributed by atoms with van der Waals surface area (Å²) in [7, 11) is -3.55. The first-order chi connectivity index (χ1) is 15.2. The molecular weight excluding hydrogens is 468 g/mol. The number of para-hydroxylation sites is 1. The van der Waals surface area contributed by atoms with Gasteiger partial charge in [0.05, 0.1) is 21.3 Å². The van der Waals surface area contributed by atoms with Crippen molar-refractivity contribution < 1.29 is 13.2 Å². The lowest BCUT2D eigenvalue weighted by Crippen LogP contribution is -2.49.